The van der Waals surface area contributed by atoms with E-state index >= 15 is 0 Å². The molecule has 0 saturated heterocycles. The number of nitrogen functional groups attached to an aromatic ring is 1. The van der Waals surface area contributed by atoms with Crippen molar-refractivity contribution in [2.75, 3.05) is 5.73 Å². The quantitative estimate of drug-likeness (QED) is 0.660. The van der Waals surface area contributed by atoms with Gasteiger partial charge < -0.3 is 5.73 Å². The minimum absolute atomic E-state index is 0.764. The van der Waals surface area contributed by atoms with Crippen LogP contribution in [0.1, 0.15) is 16.7 Å². The van der Waals surface area contributed by atoms with Crippen molar-refractivity contribution >= 4 is 17.8 Å². The summed E-state index contributed by atoms with van der Waals surface area (Å²) in [5.41, 5.74) is 9.71. The third-order valence-corrected chi connectivity index (χ3v) is 1.81. The Hall–Kier alpha value is -1.50. The molecule has 0 unspecified atom stereocenters. The highest BCUT2D eigenvalue weighted by atomic mass is 14.6. The molecule has 0 bridgehead atoms. The van der Waals surface area contributed by atoms with Crippen molar-refractivity contribution in [2.45, 2.75) is 6.92 Å². The minimum atomic E-state index is 0.764. The molecule has 1 aromatic rings. The van der Waals surface area contributed by atoms with Crippen molar-refractivity contribution in [3.8, 4) is 0 Å². The molecule has 1 nitrogen and oxygen atoms in total. The summed E-state index contributed by atoms with van der Waals surface area (Å²) in [5.74, 6) is 0. The van der Waals surface area contributed by atoms with Crippen LogP contribution in [0.25, 0.3) is 12.2 Å². The topological polar surface area (TPSA) is 26.0 Å². The molecule has 0 aromatic heterocycles. The Bertz CT molecular complexity index is 324. The second kappa shape index (κ2) is 3.26. The van der Waals surface area contributed by atoms with Crippen LogP contribution in [-0.2, 0) is 0 Å². The Morgan fingerprint density at radius 2 is 1.92 bits per heavy atom. The van der Waals surface area contributed by atoms with Gasteiger partial charge in [0.15, 0.2) is 0 Å². The van der Waals surface area contributed by atoms with Gasteiger partial charge in [0.05, 0.1) is 0 Å². The maximum absolute atomic E-state index is 5.79. The normalized spacial score (nSPS) is 9.42. The SMILES string of the molecule is C=Cc1cc(C)cc(N)c1C=C. The molecule has 0 aliphatic heterocycles. The Morgan fingerprint density at radius 3 is 2.42 bits per heavy atom. The molecule has 0 saturated carbocycles. The third-order valence-electron chi connectivity index (χ3n) is 1.81. The highest BCUT2D eigenvalue weighted by Gasteiger charge is 2.00. The van der Waals surface area contributed by atoms with Gasteiger partial charge in [-0.15, -0.1) is 0 Å². The molecule has 62 valence electrons. The van der Waals surface area contributed by atoms with E-state index in [-0.39, 0.29) is 0 Å². The van der Waals surface area contributed by atoms with E-state index in [9.17, 15) is 0 Å². The second-order valence-corrected chi connectivity index (χ2v) is 2.77. The zero-order valence-electron chi connectivity index (χ0n) is 7.30. The number of aryl methyl sites for hydroxylation is 1. The van der Waals surface area contributed by atoms with Gasteiger partial charge in [-0.3, -0.25) is 0 Å². The molecule has 1 heteroatoms. The van der Waals surface area contributed by atoms with Crippen LogP contribution in [-0.4, -0.2) is 0 Å². The lowest BCUT2D eigenvalue weighted by Gasteiger charge is -2.06. The lowest BCUT2D eigenvalue weighted by Crippen LogP contribution is -1.93. The highest BCUT2D eigenvalue weighted by Crippen LogP contribution is 2.21. The Morgan fingerprint density at radius 1 is 1.25 bits per heavy atom. The number of anilines is 1. The third kappa shape index (κ3) is 1.40. The monoisotopic (exact) mass is 159 g/mol. The molecule has 0 atom stereocenters. The van der Waals surface area contributed by atoms with Crippen molar-refractivity contribution < 1.29 is 0 Å². The van der Waals surface area contributed by atoms with Crippen LogP contribution < -0.4 is 5.73 Å². The van der Waals surface area contributed by atoms with E-state index in [2.05, 4.69) is 13.2 Å². The molecule has 0 heterocycles. The largest absolute Gasteiger partial charge is 0.398 e. The van der Waals surface area contributed by atoms with Crippen molar-refractivity contribution in [3.05, 3.63) is 42.0 Å². The van der Waals surface area contributed by atoms with E-state index in [1.165, 1.54) is 0 Å². The Labute approximate surface area is 73.2 Å². The first-order valence-corrected chi connectivity index (χ1v) is 3.84. The van der Waals surface area contributed by atoms with Crippen molar-refractivity contribution in [1.82, 2.24) is 0 Å². The predicted molar refractivity (Wildman–Crippen MR) is 55.8 cm³/mol. The fourth-order valence-electron chi connectivity index (χ4n) is 1.26. The molecule has 1 rings (SSSR count). The van der Waals surface area contributed by atoms with E-state index in [0.29, 0.717) is 0 Å². The van der Waals surface area contributed by atoms with Crippen LogP contribution in [0.4, 0.5) is 5.69 Å². The van der Waals surface area contributed by atoms with Gasteiger partial charge in [0.1, 0.15) is 0 Å². The summed E-state index contributed by atoms with van der Waals surface area (Å²) in [5, 5.41) is 0. The Kier molecular flexibility index (Phi) is 2.34. The van der Waals surface area contributed by atoms with Gasteiger partial charge in [-0.25, -0.2) is 0 Å². The van der Waals surface area contributed by atoms with Gasteiger partial charge >= 0.3 is 0 Å². The van der Waals surface area contributed by atoms with Crippen LogP contribution in [0.15, 0.2) is 25.3 Å². The second-order valence-electron chi connectivity index (χ2n) is 2.77. The first-order valence-electron chi connectivity index (χ1n) is 3.84. The summed E-state index contributed by atoms with van der Waals surface area (Å²) < 4.78 is 0. The molecular formula is C11H13N. The molecule has 0 radical (unpaired) electrons. The van der Waals surface area contributed by atoms with Crippen LogP contribution in [0, 0.1) is 6.92 Å². The van der Waals surface area contributed by atoms with Crippen molar-refractivity contribution in [3.63, 3.8) is 0 Å². The van der Waals surface area contributed by atoms with Crippen LogP contribution in [0.5, 0.6) is 0 Å². The zero-order chi connectivity index (χ0) is 9.14. The predicted octanol–water partition coefficient (Wildman–Crippen LogP) is 2.86. The van der Waals surface area contributed by atoms with Crippen LogP contribution in [0.3, 0.4) is 0 Å². The summed E-state index contributed by atoms with van der Waals surface area (Å²) in [6.45, 7) is 9.43. The lowest BCUT2D eigenvalue weighted by molar-refractivity contribution is 1.45. The van der Waals surface area contributed by atoms with Crippen LogP contribution >= 0.6 is 0 Å². The van der Waals surface area contributed by atoms with Crippen molar-refractivity contribution in [2.24, 2.45) is 0 Å². The molecule has 0 aliphatic carbocycles. The van der Waals surface area contributed by atoms with Gasteiger partial charge in [0.25, 0.3) is 0 Å². The molecule has 0 amide bonds. The molecule has 1 aromatic carbocycles. The first-order chi connectivity index (χ1) is 5.69. The molecule has 0 aliphatic rings. The van der Waals surface area contributed by atoms with Gasteiger partial charge in [0, 0.05) is 11.3 Å². The number of nitrogens with two attached hydrogens (primary N) is 1. The summed E-state index contributed by atoms with van der Waals surface area (Å²) in [6, 6.07) is 3.98. The lowest BCUT2D eigenvalue weighted by atomic mass is 10.0. The summed E-state index contributed by atoms with van der Waals surface area (Å²) in [6.07, 6.45) is 3.55. The number of rotatable bonds is 2. The number of hydrogen-bond acceptors (Lipinski definition) is 1. The van der Waals surface area contributed by atoms with E-state index in [1.54, 1.807) is 12.2 Å². The molecule has 2 N–H and O–H groups in total. The average Bonchev–Trinajstić information content (AvgIpc) is 2.03. The fraction of sp³-hybridized carbons (Fsp3) is 0.0909. The summed E-state index contributed by atoms with van der Waals surface area (Å²) >= 11 is 0. The van der Waals surface area contributed by atoms with Gasteiger partial charge in [0.2, 0.25) is 0 Å². The van der Waals surface area contributed by atoms with E-state index in [4.69, 9.17) is 5.73 Å². The standard InChI is InChI=1S/C11H13N/c1-4-9-6-8(3)7-11(12)10(9)5-2/h4-7H,1-2,12H2,3H3. The smallest absolute Gasteiger partial charge is 0.0396 e. The van der Waals surface area contributed by atoms with Crippen LogP contribution in [0.2, 0.25) is 0 Å². The molecule has 12 heavy (non-hydrogen) atoms. The summed E-state index contributed by atoms with van der Waals surface area (Å²) in [7, 11) is 0. The van der Waals surface area contributed by atoms with E-state index < -0.39 is 0 Å². The average molecular weight is 159 g/mol. The highest BCUT2D eigenvalue weighted by molar-refractivity contribution is 5.74. The van der Waals surface area contributed by atoms with Gasteiger partial charge in [-0.2, -0.15) is 0 Å². The maximum Gasteiger partial charge on any atom is 0.0396 e. The molecule has 0 fully saturated rings. The van der Waals surface area contributed by atoms with Gasteiger partial charge in [-0.1, -0.05) is 31.4 Å². The molecular weight excluding hydrogens is 146 g/mol. The molecule has 0 spiro atoms. The number of benzene rings is 1. The van der Waals surface area contributed by atoms with Gasteiger partial charge in [-0.05, 0) is 24.1 Å². The number of hydrogen-bond donors (Lipinski definition) is 1. The zero-order valence-corrected chi connectivity index (χ0v) is 7.30. The maximum atomic E-state index is 5.79. The fourth-order valence-corrected chi connectivity index (χ4v) is 1.26. The Balaban J connectivity index is 3.43. The van der Waals surface area contributed by atoms with E-state index in [1.807, 2.05) is 19.1 Å². The minimum Gasteiger partial charge on any atom is -0.398 e. The first kappa shape index (κ1) is 8.60. The summed E-state index contributed by atoms with van der Waals surface area (Å²) in [4.78, 5) is 0. The van der Waals surface area contributed by atoms with E-state index in [0.717, 1.165) is 22.4 Å². The van der Waals surface area contributed by atoms with Crippen molar-refractivity contribution in [1.29, 1.82) is 0 Å².